The first-order chi connectivity index (χ1) is 12.3. The standard InChI is InChI=1S/C20H35NO6/c1-19(2,3)26-15(22)12-13-8-10-14(11-9-13)16(17(23)25-7)21-18(24)27-20(4,5)6/h13-14,16H,8-12H2,1-7H3,(H,21,24). The molecule has 27 heavy (non-hydrogen) atoms. The van der Waals surface area contributed by atoms with Crippen molar-refractivity contribution < 1.29 is 28.6 Å². The van der Waals surface area contributed by atoms with Crippen LogP contribution in [0.4, 0.5) is 4.79 Å². The van der Waals surface area contributed by atoms with Crippen molar-refractivity contribution in [2.75, 3.05) is 7.11 Å². The summed E-state index contributed by atoms with van der Waals surface area (Å²) >= 11 is 0. The number of carbonyl (C=O) groups is 3. The fourth-order valence-electron chi connectivity index (χ4n) is 3.28. The monoisotopic (exact) mass is 385 g/mol. The second-order valence-corrected chi connectivity index (χ2v) is 9.22. The Bertz CT molecular complexity index is 524. The normalized spacial score (nSPS) is 21.7. The van der Waals surface area contributed by atoms with Crippen LogP contribution in [0.5, 0.6) is 0 Å². The molecule has 1 atom stereocenters. The average molecular weight is 386 g/mol. The molecule has 156 valence electrons. The van der Waals surface area contributed by atoms with Crippen molar-refractivity contribution in [2.45, 2.75) is 90.9 Å². The molecule has 0 heterocycles. The van der Waals surface area contributed by atoms with Crippen LogP contribution in [-0.2, 0) is 23.8 Å². The van der Waals surface area contributed by atoms with Crippen LogP contribution < -0.4 is 5.32 Å². The van der Waals surface area contributed by atoms with E-state index in [-0.39, 0.29) is 17.8 Å². The average Bonchev–Trinajstić information content (AvgIpc) is 2.49. The number of hydrogen-bond donors (Lipinski definition) is 1. The van der Waals surface area contributed by atoms with Crippen molar-refractivity contribution in [3.05, 3.63) is 0 Å². The van der Waals surface area contributed by atoms with Crippen molar-refractivity contribution in [1.29, 1.82) is 0 Å². The van der Waals surface area contributed by atoms with Crippen molar-refractivity contribution in [1.82, 2.24) is 5.32 Å². The van der Waals surface area contributed by atoms with Gasteiger partial charge in [0.1, 0.15) is 17.2 Å². The summed E-state index contributed by atoms with van der Waals surface area (Å²) in [7, 11) is 1.31. The predicted octanol–water partition coefficient (Wildman–Crippen LogP) is 3.59. The second-order valence-electron chi connectivity index (χ2n) is 9.22. The van der Waals surface area contributed by atoms with E-state index in [0.717, 1.165) is 25.7 Å². The highest BCUT2D eigenvalue weighted by Crippen LogP contribution is 2.33. The van der Waals surface area contributed by atoms with E-state index < -0.39 is 29.3 Å². The van der Waals surface area contributed by atoms with E-state index in [1.165, 1.54) is 7.11 Å². The Balaban J connectivity index is 2.60. The van der Waals surface area contributed by atoms with Gasteiger partial charge in [0.05, 0.1) is 7.11 Å². The summed E-state index contributed by atoms with van der Waals surface area (Å²) < 4.78 is 15.5. The number of amides is 1. The minimum atomic E-state index is -0.743. The van der Waals surface area contributed by atoms with Crippen LogP contribution in [0.2, 0.25) is 0 Å². The topological polar surface area (TPSA) is 90.9 Å². The molecule has 0 aliphatic heterocycles. The molecule has 7 heteroatoms. The van der Waals surface area contributed by atoms with Gasteiger partial charge in [-0.3, -0.25) is 4.79 Å². The third kappa shape index (κ3) is 9.11. The van der Waals surface area contributed by atoms with Gasteiger partial charge in [-0.2, -0.15) is 0 Å². The minimum Gasteiger partial charge on any atom is -0.467 e. The fourth-order valence-corrected chi connectivity index (χ4v) is 3.28. The molecule has 7 nitrogen and oxygen atoms in total. The van der Waals surface area contributed by atoms with Crippen molar-refractivity contribution in [3.63, 3.8) is 0 Å². The van der Waals surface area contributed by atoms with Crippen LogP contribution in [0.25, 0.3) is 0 Å². The van der Waals surface area contributed by atoms with E-state index in [1.54, 1.807) is 20.8 Å². The molecule has 0 aromatic heterocycles. The lowest BCUT2D eigenvalue weighted by Gasteiger charge is -2.33. The molecule has 1 aliphatic carbocycles. The Kier molecular flexibility index (Phi) is 8.11. The summed E-state index contributed by atoms with van der Waals surface area (Å²) in [5.74, 6) is -0.477. The Morgan fingerprint density at radius 2 is 1.44 bits per heavy atom. The summed E-state index contributed by atoms with van der Waals surface area (Å²) in [4.78, 5) is 36.2. The molecule has 0 bridgehead atoms. The van der Waals surface area contributed by atoms with Gasteiger partial charge in [-0.1, -0.05) is 0 Å². The molecular weight excluding hydrogens is 350 g/mol. The van der Waals surface area contributed by atoms with Gasteiger partial charge in [-0.25, -0.2) is 9.59 Å². The van der Waals surface area contributed by atoms with Crippen LogP contribution in [-0.4, -0.2) is 42.4 Å². The van der Waals surface area contributed by atoms with Crippen LogP contribution in [0.3, 0.4) is 0 Å². The number of ether oxygens (including phenoxy) is 3. The highest BCUT2D eigenvalue weighted by Gasteiger charge is 2.35. The summed E-state index contributed by atoms with van der Waals surface area (Å²) in [6.07, 6.45) is 2.80. The van der Waals surface area contributed by atoms with Gasteiger partial charge in [-0.15, -0.1) is 0 Å². The number of esters is 2. The molecule has 0 radical (unpaired) electrons. The van der Waals surface area contributed by atoms with Gasteiger partial charge in [-0.05, 0) is 79.1 Å². The zero-order chi connectivity index (χ0) is 20.8. The number of nitrogens with one attached hydrogen (secondary N) is 1. The molecular formula is C20H35NO6. The molecule has 1 amide bonds. The lowest BCUT2D eigenvalue weighted by Crippen LogP contribution is -2.49. The van der Waals surface area contributed by atoms with Crippen molar-refractivity contribution in [2.24, 2.45) is 11.8 Å². The largest absolute Gasteiger partial charge is 0.467 e. The van der Waals surface area contributed by atoms with Gasteiger partial charge >= 0.3 is 18.0 Å². The Morgan fingerprint density at radius 1 is 0.926 bits per heavy atom. The first-order valence-corrected chi connectivity index (χ1v) is 9.60. The lowest BCUT2D eigenvalue weighted by molar-refractivity contribution is -0.156. The second kappa shape index (κ2) is 9.42. The smallest absolute Gasteiger partial charge is 0.408 e. The Hall–Kier alpha value is -1.79. The maximum Gasteiger partial charge on any atom is 0.408 e. The van der Waals surface area contributed by atoms with Crippen LogP contribution in [0.15, 0.2) is 0 Å². The number of hydrogen-bond acceptors (Lipinski definition) is 6. The van der Waals surface area contributed by atoms with Crippen LogP contribution in [0.1, 0.15) is 73.6 Å². The van der Waals surface area contributed by atoms with Gasteiger partial charge in [0, 0.05) is 6.42 Å². The zero-order valence-electron chi connectivity index (χ0n) is 17.7. The van der Waals surface area contributed by atoms with Gasteiger partial charge in [0.2, 0.25) is 0 Å². The van der Waals surface area contributed by atoms with Crippen molar-refractivity contribution >= 4 is 18.0 Å². The molecule has 1 rings (SSSR count). The highest BCUT2D eigenvalue weighted by atomic mass is 16.6. The summed E-state index contributed by atoms with van der Waals surface area (Å²) in [5, 5.41) is 2.65. The third-order valence-electron chi connectivity index (χ3n) is 4.37. The highest BCUT2D eigenvalue weighted by molar-refractivity contribution is 5.81. The SMILES string of the molecule is COC(=O)C(NC(=O)OC(C)(C)C)C1CCC(CC(=O)OC(C)(C)C)CC1. The van der Waals surface area contributed by atoms with E-state index in [9.17, 15) is 14.4 Å². The fraction of sp³-hybridized carbons (Fsp3) is 0.850. The van der Waals surface area contributed by atoms with E-state index >= 15 is 0 Å². The van der Waals surface area contributed by atoms with Crippen LogP contribution in [0, 0.1) is 11.8 Å². The molecule has 1 unspecified atom stereocenters. The predicted molar refractivity (Wildman–Crippen MR) is 101 cm³/mol. The molecule has 1 aliphatic rings. The summed E-state index contributed by atoms with van der Waals surface area (Å²) in [6, 6.07) is -0.743. The first-order valence-electron chi connectivity index (χ1n) is 9.60. The zero-order valence-corrected chi connectivity index (χ0v) is 17.7. The third-order valence-corrected chi connectivity index (χ3v) is 4.37. The number of methoxy groups -OCH3 is 1. The molecule has 0 saturated heterocycles. The van der Waals surface area contributed by atoms with E-state index in [0.29, 0.717) is 6.42 Å². The van der Waals surface area contributed by atoms with Gasteiger partial charge in [0.25, 0.3) is 0 Å². The maximum atomic E-state index is 12.2. The van der Waals surface area contributed by atoms with Crippen LogP contribution >= 0.6 is 0 Å². The number of carbonyl (C=O) groups excluding carboxylic acids is 3. The van der Waals surface area contributed by atoms with Gasteiger partial charge in [0.15, 0.2) is 0 Å². The molecule has 0 aromatic rings. The summed E-state index contributed by atoms with van der Waals surface area (Å²) in [5.41, 5.74) is -1.13. The van der Waals surface area contributed by atoms with E-state index in [1.807, 2.05) is 20.8 Å². The Labute approximate surface area is 162 Å². The van der Waals surface area contributed by atoms with Crippen molar-refractivity contribution in [3.8, 4) is 0 Å². The molecule has 0 aromatic carbocycles. The summed E-state index contributed by atoms with van der Waals surface area (Å²) in [6.45, 7) is 10.9. The van der Waals surface area contributed by atoms with E-state index in [4.69, 9.17) is 14.2 Å². The number of alkyl carbamates (subject to hydrolysis) is 1. The maximum absolute atomic E-state index is 12.2. The molecule has 0 spiro atoms. The number of rotatable bonds is 5. The van der Waals surface area contributed by atoms with Gasteiger partial charge < -0.3 is 19.5 Å². The quantitative estimate of drug-likeness (QED) is 0.574. The molecule has 1 saturated carbocycles. The lowest BCUT2D eigenvalue weighted by atomic mass is 9.77. The Morgan fingerprint density at radius 3 is 1.89 bits per heavy atom. The molecule has 1 fully saturated rings. The molecule has 1 N–H and O–H groups in total. The van der Waals surface area contributed by atoms with E-state index in [2.05, 4.69) is 5.32 Å². The first kappa shape index (κ1) is 23.2. The minimum absolute atomic E-state index is 0.0418.